The summed E-state index contributed by atoms with van der Waals surface area (Å²) >= 11 is 1.72. The molecule has 1 rings (SSSR count). The largest absolute Gasteiger partial charge is 0.385 e. The van der Waals surface area contributed by atoms with Crippen LogP contribution in [-0.2, 0) is 4.74 Å². The third-order valence-electron chi connectivity index (χ3n) is 1.77. The lowest BCUT2D eigenvalue weighted by atomic mass is 10.4. The van der Waals surface area contributed by atoms with E-state index in [1.54, 1.807) is 37.5 Å². The molecule has 1 aromatic heterocycles. The Morgan fingerprint density at radius 2 is 2.33 bits per heavy atom. The lowest BCUT2D eigenvalue weighted by Crippen LogP contribution is -2.19. The van der Waals surface area contributed by atoms with Crippen LogP contribution in [-0.4, -0.2) is 42.5 Å². The zero-order chi connectivity index (χ0) is 10.8. The number of rotatable bonds is 8. The molecular weight excluding hydrogens is 210 g/mol. The molecule has 0 atom stereocenters. The number of thioether (sulfide) groups is 1. The minimum Gasteiger partial charge on any atom is -0.385 e. The van der Waals surface area contributed by atoms with Gasteiger partial charge in [-0.15, -0.1) is 11.8 Å². The maximum atomic E-state index is 4.95. The van der Waals surface area contributed by atoms with E-state index < -0.39 is 0 Å². The van der Waals surface area contributed by atoms with E-state index in [2.05, 4.69) is 15.3 Å². The number of nitrogens with zero attached hydrogens (tertiary/aromatic N) is 2. The highest BCUT2D eigenvalue weighted by Crippen LogP contribution is 2.11. The molecule has 1 aromatic rings. The molecule has 0 spiro atoms. The van der Waals surface area contributed by atoms with Crippen molar-refractivity contribution in [3.05, 3.63) is 18.6 Å². The van der Waals surface area contributed by atoms with Gasteiger partial charge in [0.2, 0.25) is 0 Å². The fraction of sp³-hybridized carbons (Fsp3) is 0.600. The number of hydrogen-bond donors (Lipinski definition) is 1. The van der Waals surface area contributed by atoms with Gasteiger partial charge in [0.15, 0.2) is 0 Å². The second kappa shape index (κ2) is 8.64. The topological polar surface area (TPSA) is 47.0 Å². The van der Waals surface area contributed by atoms with E-state index in [1.807, 2.05) is 0 Å². The molecule has 1 N–H and O–H groups in total. The predicted molar refractivity (Wildman–Crippen MR) is 62.1 cm³/mol. The summed E-state index contributed by atoms with van der Waals surface area (Å²) in [6.45, 7) is 2.82. The van der Waals surface area contributed by atoms with Crippen LogP contribution in [0, 0.1) is 0 Å². The first-order chi connectivity index (χ1) is 7.43. The quantitative estimate of drug-likeness (QED) is 0.534. The number of hydrogen-bond acceptors (Lipinski definition) is 5. The molecular formula is C10H17N3OS. The molecule has 5 heteroatoms. The first kappa shape index (κ1) is 12.4. The Balaban J connectivity index is 1.93. The Labute approximate surface area is 94.8 Å². The van der Waals surface area contributed by atoms with Gasteiger partial charge < -0.3 is 10.1 Å². The van der Waals surface area contributed by atoms with E-state index in [0.29, 0.717) is 0 Å². The average molecular weight is 227 g/mol. The molecule has 0 aliphatic heterocycles. The molecule has 1 heterocycles. The van der Waals surface area contributed by atoms with Crippen molar-refractivity contribution >= 4 is 11.8 Å². The highest BCUT2D eigenvalue weighted by molar-refractivity contribution is 7.99. The number of methoxy groups -OCH3 is 1. The van der Waals surface area contributed by atoms with Crippen LogP contribution in [0.15, 0.2) is 23.6 Å². The van der Waals surface area contributed by atoms with Gasteiger partial charge in [0, 0.05) is 38.4 Å². The minimum atomic E-state index is 0.824. The highest BCUT2D eigenvalue weighted by Gasteiger charge is 1.93. The van der Waals surface area contributed by atoms with Crippen LogP contribution >= 0.6 is 11.8 Å². The van der Waals surface area contributed by atoms with Gasteiger partial charge in [0.05, 0.1) is 6.20 Å². The predicted octanol–water partition coefficient (Wildman–Crippen LogP) is 1.19. The molecule has 0 bridgehead atoms. The zero-order valence-electron chi connectivity index (χ0n) is 8.98. The van der Waals surface area contributed by atoms with Gasteiger partial charge in [-0.1, -0.05) is 0 Å². The van der Waals surface area contributed by atoms with E-state index >= 15 is 0 Å². The minimum absolute atomic E-state index is 0.824. The summed E-state index contributed by atoms with van der Waals surface area (Å²) in [6, 6.07) is 0. The van der Waals surface area contributed by atoms with E-state index in [9.17, 15) is 0 Å². The summed E-state index contributed by atoms with van der Waals surface area (Å²) in [5.41, 5.74) is 0. The molecule has 0 aromatic carbocycles. The van der Waals surface area contributed by atoms with Gasteiger partial charge in [0.1, 0.15) is 5.03 Å². The summed E-state index contributed by atoms with van der Waals surface area (Å²) in [5, 5.41) is 4.32. The third-order valence-corrected chi connectivity index (χ3v) is 2.69. The van der Waals surface area contributed by atoms with Crippen LogP contribution in [0.5, 0.6) is 0 Å². The average Bonchev–Trinajstić information content (AvgIpc) is 2.29. The van der Waals surface area contributed by atoms with Crippen molar-refractivity contribution in [2.45, 2.75) is 11.4 Å². The molecule has 4 nitrogen and oxygen atoms in total. The van der Waals surface area contributed by atoms with Gasteiger partial charge in [-0.05, 0) is 13.0 Å². The van der Waals surface area contributed by atoms with Crippen molar-refractivity contribution in [1.82, 2.24) is 15.3 Å². The molecule has 0 radical (unpaired) electrons. The Morgan fingerprint density at radius 1 is 1.40 bits per heavy atom. The SMILES string of the molecule is COCCCNCCSc1cnccn1. The fourth-order valence-electron chi connectivity index (χ4n) is 1.05. The van der Waals surface area contributed by atoms with Gasteiger partial charge in [-0.25, -0.2) is 4.98 Å². The molecule has 0 amide bonds. The molecule has 0 aliphatic rings. The Bertz CT molecular complexity index is 246. The summed E-state index contributed by atoms with van der Waals surface area (Å²) in [4.78, 5) is 8.18. The van der Waals surface area contributed by atoms with Gasteiger partial charge in [0.25, 0.3) is 0 Å². The third kappa shape index (κ3) is 6.43. The van der Waals surface area contributed by atoms with Crippen molar-refractivity contribution in [2.24, 2.45) is 0 Å². The van der Waals surface area contributed by atoms with Crippen LogP contribution in [0.2, 0.25) is 0 Å². The van der Waals surface area contributed by atoms with E-state index in [0.717, 1.165) is 36.9 Å². The monoisotopic (exact) mass is 227 g/mol. The smallest absolute Gasteiger partial charge is 0.114 e. The Kier molecular flexibility index (Phi) is 7.16. The summed E-state index contributed by atoms with van der Waals surface area (Å²) < 4.78 is 4.95. The summed E-state index contributed by atoms with van der Waals surface area (Å²) in [6.07, 6.45) is 6.25. The molecule has 84 valence electrons. The van der Waals surface area contributed by atoms with Crippen LogP contribution in [0.3, 0.4) is 0 Å². The second-order valence-electron chi connectivity index (χ2n) is 2.99. The molecule has 0 saturated carbocycles. The number of nitrogens with one attached hydrogen (secondary N) is 1. The van der Waals surface area contributed by atoms with Crippen molar-refractivity contribution in [2.75, 3.05) is 32.6 Å². The lowest BCUT2D eigenvalue weighted by Gasteiger charge is -2.03. The molecule has 0 unspecified atom stereocenters. The first-order valence-corrected chi connectivity index (χ1v) is 6.00. The molecule has 0 saturated heterocycles. The molecule has 15 heavy (non-hydrogen) atoms. The zero-order valence-corrected chi connectivity index (χ0v) is 9.80. The highest BCUT2D eigenvalue weighted by atomic mass is 32.2. The summed E-state index contributed by atoms with van der Waals surface area (Å²) in [5.74, 6) is 1.02. The van der Waals surface area contributed by atoms with Gasteiger partial charge in [-0.3, -0.25) is 4.98 Å². The summed E-state index contributed by atoms with van der Waals surface area (Å²) in [7, 11) is 1.73. The maximum absolute atomic E-state index is 4.95. The molecule has 0 fully saturated rings. The van der Waals surface area contributed by atoms with Crippen molar-refractivity contribution in [3.8, 4) is 0 Å². The van der Waals surface area contributed by atoms with E-state index in [4.69, 9.17) is 4.74 Å². The van der Waals surface area contributed by atoms with Crippen molar-refractivity contribution in [1.29, 1.82) is 0 Å². The van der Waals surface area contributed by atoms with Gasteiger partial charge >= 0.3 is 0 Å². The van der Waals surface area contributed by atoms with Crippen molar-refractivity contribution in [3.63, 3.8) is 0 Å². The lowest BCUT2D eigenvalue weighted by molar-refractivity contribution is 0.194. The van der Waals surface area contributed by atoms with Crippen LogP contribution < -0.4 is 5.32 Å². The fourth-order valence-corrected chi connectivity index (χ4v) is 1.78. The Morgan fingerprint density at radius 3 is 3.07 bits per heavy atom. The number of ether oxygens (including phenoxy) is 1. The standard InChI is InChI=1S/C10H17N3OS/c1-14-7-2-3-11-6-8-15-10-9-12-4-5-13-10/h4-5,9,11H,2-3,6-8H2,1H3. The second-order valence-corrected chi connectivity index (χ2v) is 4.10. The first-order valence-electron chi connectivity index (χ1n) is 5.02. The number of aromatic nitrogens is 2. The molecule has 0 aliphatic carbocycles. The van der Waals surface area contributed by atoms with Crippen LogP contribution in [0.25, 0.3) is 0 Å². The van der Waals surface area contributed by atoms with Crippen molar-refractivity contribution < 1.29 is 4.74 Å². The Hall–Kier alpha value is -0.650. The van der Waals surface area contributed by atoms with E-state index in [-0.39, 0.29) is 0 Å². The van der Waals surface area contributed by atoms with Crippen LogP contribution in [0.1, 0.15) is 6.42 Å². The van der Waals surface area contributed by atoms with E-state index in [1.165, 1.54) is 0 Å². The normalized spacial score (nSPS) is 10.5. The van der Waals surface area contributed by atoms with Crippen LogP contribution in [0.4, 0.5) is 0 Å². The maximum Gasteiger partial charge on any atom is 0.114 e. The van der Waals surface area contributed by atoms with Gasteiger partial charge in [-0.2, -0.15) is 0 Å².